The SMILES string of the molecule is COc1ccc(N(CC(=O)N(Cc2ccccc2)[C@@H](C)C(=O)NCC(C)C)S(=O)(=O)c2ccc(C)cc2)cc1. The van der Waals surface area contributed by atoms with Gasteiger partial charge in [-0.3, -0.25) is 13.9 Å². The molecule has 0 fully saturated rings. The van der Waals surface area contributed by atoms with Crippen molar-refractivity contribution in [3.8, 4) is 5.75 Å². The molecular weight excluding hydrogens is 514 g/mol. The Hall–Kier alpha value is -3.85. The Labute approximate surface area is 231 Å². The molecule has 0 spiro atoms. The number of ether oxygens (including phenoxy) is 1. The fraction of sp³-hybridized carbons (Fsp3) is 0.333. The molecule has 0 aliphatic rings. The van der Waals surface area contributed by atoms with Gasteiger partial charge < -0.3 is 15.0 Å². The summed E-state index contributed by atoms with van der Waals surface area (Å²) in [6.07, 6.45) is 0. The van der Waals surface area contributed by atoms with E-state index in [-0.39, 0.29) is 23.3 Å². The maximum absolute atomic E-state index is 13.9. The summed E-state index contributed by atoms with van der Waals surface area (Å²) in [5.41, 5.74) is 2.05. The zero-order valence-electron chi connectivity index (χ0n) is 23.1. The van der Waals surface area contributed by atoms with E-state index in [1.807, 2.05) is 51.1 Å². The number of amides is 2. The van der Waals surface area contributed by atoms with Crippen molar-refractivity contribution >= 4 is 27.5 Å². The van der Waals surface area contributed by atoms with Crippen LogP contribution in [0.1, 0.15) is 31.9 Å². The number of carbonyl (C=O) groups is 2. The molecule has 0 bridgehead atoms. The van der Waals surface area contributed by atoms with Crippen LogP contribution in [0.2, 0.25) is 0 Å². The van der Waals surface area contributed by atoms with Gasteiger partial charge in [-0.1, -0.05) is 61.9 Å². The van der Waals surface area contributed by atoms with E-state index in [4.69, 9.17) is 4.74 Å². The molecule has 3 rings (SSSR count). The predicted octanol–water partition coefficient (Wildman–Crippen LogP) is 4.39. The number of anilines is 1. The number of nitrogens with one attached hydrogen (secondary N) is 1. The first-order chi connectivity index (χ1) is 18.5. The normalized spacial score (nSPS) is 12.1. The van der Waals surface area contributed by atoms with E-state index >= 15 is 0 Å². The van der Waals surface area contributed by atoms with E-state index in [9.17, 15) is 18.0 Å². The fourth-order valence-corrected chi connectivity index (χ4v) is 5.34. The molecule has 3 aromatic carbocycles. The van der Waals surface area contributed by atoms with Gasteiger partial charge in [0.05, 0.1) is 17.7 Å². The van der Waals surface area contributed by atoms with Crippen LogP contribution >= 0.6 is 0 Å². The van der Waals surface area contributed by atoms with Gasteiger partial charge in [-0.15, -0.1) is 0 Å². The molecule has 1 atom stereocenters. The van der Waals surface area contributed by atoms with Gasteiger partial charge in [0.2, 0.25) is 11.8 Å². The highest BCUT2D eigenvalue weighted by Crippen LogP contribution is 2.26. The molecule has 0 radical (unpaired) electrons. The average molecular weight is 552 g/mol. The first-order valence-corrected chi connectivity index (χ1v) is 14.3. The summed E-state index contributed by atoms with van der Waals surface area (Å²) in [5, 5.41) is 2.88. The molecule has 0 aromatic heterocycles. The minimum absolute atomic E-state index is 0.0639. The molecule has 208 valence electrons. The Morgan fingerprint density at radius 1 is 0.897 bits per heavy atom. The first kappa shape index (κ1) is 29.7. The van der Waals surface area contributed by atoms with E-state index in [1.54, 1.807) is 43.3 Å². The number of benzene rings is 3. The number of carbonyl (C=O) groups excluding carboxylic acids is 2. The zero-order valence-corrected chi connectivity index (χ0v) is 23.9. The van der Waals surface area contributed by atoms with Crippen molar-refractivity contribution < 1.29 is 22.7 Å². The highest BCUT2D eigenvalue weighted by molar-refractivity contribution is 7.92. The molecular formula is C30H37N3O5S. The lowest BCUT2D eigenvalue weighted by Gasteiger charge is -2.32. The maximum atomic E-state index is 13.9. The van der Waals surface area contributed by atoms with E-state index < -0.39 is 28.5 Å². The lowest BCUT2D eigenvalue weighted by atomic mass is 10.1. The summed E-state index contributed by atoms with van der Waals surface area (Å²) >= 11 is 0. The van der Waals surface area contributed by atoms with Crippen LogP contribution in [0.5, 0.6) is 5.75 Å². The second kappa shape index (κ2) is 13.3. The van der Waals surface area contributed by atoms with Gasteiger partial charge in [0, 0.05) is 13.1 Å². The monoisotopic (exact) mass is 551 g/mol. The number of nitrogens with zero attached hydrogens (tertiary/aromatic N) is 2. The quantitative estimate of drug-likeness (QED) is 0.360. The predicted molar refractivity (Wildman–Crippen MR) is 153 cm³/mol. The van der Waals surface area contributed by atoms with Crippen molar-refractivity contribution in [3.05, 3.63) is 90.0 Å². The zero-order chi connectivity index (χ0) is 28.6. The number of hydrogen-bond donors (Lipinski definition) is 1. The largest absolute Gasteiger partial charge is 0.497 e. The standard InChI is InChI=1S/C30H37N3O5S/c1-22(2)19-31-30(35)24(4)32(20-25-9-7-6-8-10-25)29(34)21-33(26-13-15-27(38-5)16-14-26)39(36,37)28-17-11-23(3)12-18-28/h6-18,22,24H,19-21H2,1-5H3,(H,31,35)/t24-/m0/s1. The van der Waals surface area contributed by atoms with Crippen LogP contribution in [0.15, 0.2) is 83.8 Å². The highest BCUT2D eigenvalue weighted by Gasteiger charge is 2.32. The van der Waals surface area contributed by atoms with Crippen LogP contribution in [0.3, 0.4) is 0 Å². The van der Waals surface area contributed by atoms with Crippen molar-refractivity contribution in [2.24, 2.45) is 5.92 Å². The molecule has 3 aromatic rings. The summed E-state index contributed by atoms with van der Waals surface area (Å²) in [6.45, 7) is 7.63. The lowest BCUT2D eigenvalue weighted by molar-refractivity contribution is -0.139. The molecule has 9 heteroatoms. The van der Waals surface area contributed by atoms with Crippen molar-refractivity contribution in [1.82, 2.24) is 10.2 Å². The molecule has 0 aliphatic carbocycles. The van der Waals surface area contributed by atoms with Crippen molar-refractivity contribution in [3.63, 3.8) is 0 Å². The molecule has 0 unspecified atom stereocenters. The Morgan fingerprint density at radius 3 is 2.08 bits per heavy atom. The van der Waals surface area contributed by atoms with Crippen molar-refractivity contribution in [1.29, 1.82) is 0 Å². The molecule has 0 saturated heterocycles. The van der Waals surface area contributed by atoms with Gasteiger partial charge >= 0.3 is 0 Å². The minimum Gasteiger partial charge on any atom is -0.497 e. The summed E-state index contributed by atoms with van der Waals surface area (Å²) in [5.74, 6) is -0.00789. The van der Waals surface area contributed by atoms with E-state index in [2.05, 4.69) is 5.32 Å². The van der Waals surface area contributed by atoms with Crippen molar-refractivity contribution in [2.45, 2.75) is 45.2 Å². The highest BCUT2D eigenvalue weighted by atomic mass is 32.2. The second-order valence-corrected chi connectivity index (χ2v) is 11.7. The molecule has 8 nitrogen and oxygen atoms in total. The van der Waals surface area contributed by atoms with Crippen LogP contribution in [0.25, 0.3) is 0 Å². The van der Waals surface area contributed by atoms with Crippen LogP contribution in [-0.2, 0) is 26.2 Å². The Morgan fingerprint density at radius 2 is 1.51 bits per heavy atom. The summed E-state index contributed by atoms with van der Waals surface area (Å²) in [6, 6.07) is 21.4. The maximum Gasteiger partial charge on any atom is 0.264 e. The minimum atomic E-state index is -4.11. The van der Waals surface area contributed by atoms with E-state index in [1.165, 1.54) is 24.1 Å². The topological polar surface area (TPSA) is 96.0 Å². The Kier molecular flexibility index (Phi) is 10.1. The molecule has 0 aliphatic heterocycles. The molecule has 1 N–H and O–H groups in total. The Balaban J connectivity index is 2.00. The summed E-state index contributed by atoms with van der Waals surface area (Å²) in [4.78, 5) is 28.4. The fourth-order valence-electron chi connectivity index (χ4n) is 3.93. The van der Waals surface area contributed by atoms with Crippen LogP contribution in [-0.4, -0.2) is 51.4 Å². The number of aryl methyl sites for hydroxylation is 1. The smallest absolute Gasteiger partial charge is 0.264 e. The third kappa shape index (κ3) is 7.83. The third-order valence-electron chi connectivity index (χ3n) is 6.30. The number of methoxy groups -OCH3 is 1. The van der Waals surface area contributed by atoms with Gasteiger partial charge in [0.25, 0.3) is 10.0 Å². The van der Waals surface area contributed by atoms with Crippen molar-refractivity contribution in [2.75, 3.05) is 24.5 Å². The Bertz CT molecular complexity index is 1340. The average Bonchev–Trinajstić information content (AvgIpc) is 2.93. The van der Waals surface area contributed by atoms with Gasteiger partial charge in [0.1, 0.15) is 18.3 Å². The number of sulfonamides is 1. The van der Waals surface area contributed by atoms with E-state index in [0.29, 0.717) is 18.0 Å². The van der Waals surface area contributed by atoms with Gasteiger partial charge in [0.15, 0.2) is 0 Å². The van der Waals surface area contributed by atoms with E-state index in [0.717, 1.165) is 15.4 Å². The van der Waals surface area contributed by atoms with Gasteiger partial charge in [-0.2, -0.15) is 0 Å². The third-order valence-corrected chi connectivity index (χ3v) is 8.08. The summed E-state index contributed by atoms with van der Waals surface area (Å²) < 4.78 is 34.0. The second-order valence-electron chi connectivity index (χ2n) is 9.84. The van der Waals surface area contributed by atoms with Crippen LogP contribution in [0.4, 0.5) is 5.69 Å². The van der Waals surface area contributed by atoms with Gasteiger partial charge in [-0.25, -0.2) is 8.42 Å². The number of rotatable bonds is 12. The van der Waals surface area contributed by atoms with Crippen LogP contribution in [0, 0.1) is 12.8 Å². The molecule has 0 heterocycles. The number of hydrogen-bond acceptors (Lipinski definition) is 5. The molecule has 39 heavy (non-hydrogen) atoms. The first-order valence-electron chi connectivity index (χ1n) is 12.9. The van der Waals surface area contributed by atoms with Crippen LogP contribution < -0.4 is 14.4 Å². The molecule has 2 amide bonds. The van der Waals surface area contributed by atoms with Gasteiger partial charge in [-0.05, 0) is 61.7 Å². The lowest BCUT2D eigenvalue weighted by Crippen LogP contribution is -2.51. The summed E-state index contributed by atoms with van der Waals surface area (Å²) in [7, 11) is -2.59. The molecule has 0 saturated carbocycles.